The molecule has 0 saturated carbocycles. The van der Waals surface area contributed by atoms with Gasteiger partial charge in [-0.25, -0.2) is 4.79 Å². The molecule has 1 aromatic heterocycles. The van der Waals surface area contributed by atoms with Crippen LogP contribution in [-0.2, 0) is 21.0 Å². The minimum Gasteiger partial charge on any atom is -0.475 e. The molecule has 0 radical (unpaired) electrons. The number of rotatable bonds is 4. The van der Waals surface area contributed by atoms with E-state index in [9.17, 15) is 22.8 Å². The first-order chi connectivity index (χ1) is 16.5. The minimum absolute atomic E-state index is 0.0417. The van der Waals surface area contributed by atoms with Crippen LogP contribution in [0.25, 0.3) is 0 Å². The molecule has 2 aliphatic heterocycles. The Kier molecular flexibility index (Phi) is 7.72. The molecule has 0 aliphatic carbocycles. The molecule has 0 bridgehead atoms. The van der Waals surface area contributed by atoms with Crippen LogP contribution in [0.1, 0.15) is 27.0 Å². The number of aromatic nitrogens is 1. The Morgan fingerprint density at radius 3 is 2.40 bits per heavy atom. The van der Waals surface area contributed by atoms with Gasteiger partial charge < -0.3 is 20.2 Å². The molecule has 2 aromatic rings. The van der Waals surface area contributed by atoms with Crippen molar-refractivity contribution < 1.29 is 37.5 Å². The average Bonchev–Trinajstić information content (AvgIpc) is 3.38. The Labute approximate surface area is 198 Å². The quantitative estimate of drug-likeness (QED) is 0.677. The maximum absolute atomic E-state index is 12.9. The van der Waals surface area contributed by atoms with Crippen molar-refractivity contribution in [1.82, 2.24) is 15.2 Å². The highest BCUT2D eigenvalue weighted by molar-refractivity contribution is 6.40. The number of fused-ring (bicyclic) bond motifs is 1. The van der Waals surface area contributed by atoms with Crippen molar-refractivity contribution in [3.8, 4) is 0 Å². The summed E-state index contributed by atoms with van der Waals surface area (Å²) in [6.45, 7) is 5.18. The number of aryl methyl sites for hydroxylation is 2. The highest BCUT2D eigenvalue weighted by Crippen LogP contribution is 2.28. The van der Waals surface area contributed by atoms with E-state index in [1.807, 2.05) is 44.2 Å². The molecule has 9 nitrogen and oxygen atoms in total. The van der Waals surface area contributed by atoms with Crippen LogP contribution in [0.15, 0.2) is 47.9 Å². The zero-order valence-electron chi connectivity index (χ0n) is 18.9. The first-order valence-corrected chi connectivity index (χ1v) is 10.5. The molecule has 2 N–H and O–H groups in total. The topological polar surface area (TPSA) is 121 Å². The summed E-state index contributed by atoms with van der Waals surface area (Å²) in [5.41, 5.74) is 4.03. The van der Waals surface area contributed by atoms with Crippen molar-refractivity contribution in [2.45, 2.75) is 32.7 Å². The summed E-state index contributed by atoms with van der Waals surface area (Å²) in [7, 11) is 0. The van der Waals surface area contributed by atoms with E-state index in [1.165, 1.54) is 0 Å². The molecule has 0 spiro atoms. The molecular weight excluding hydrogens is 469 g/mol. The number of nitrogens with one attached hydrogen (secondary N) is 1. The number of alkyl halides is 3. The maximum atomic E-state index is 12.9. The van der Waals surface area contributed by atoms with Crippen LogP contribution in [-0.4, -0.2) is 63.9 Å². The number of carbonyl (C=O) groups excluding carboxylic acids is 2. The molecule has 12 heteroatoms. The predicted octanol–water partition coefficient (Wildman–Crippen LogP) is 2.47. The van der Waals surface area contributed by atoms with E-state index in [0.29, 0.717) is 30.9 Å². The second kappa shape index (κ2) is 10.5. The normalized spacial score (nSPS) is 18.5. The number of carboxylic acid groups (broad SMARTS) is 1. The number of pyridine rings is 1. The van der Waals surface area contributed by atoms with Crippen LogP contribution in [0.4, 0.5) is 13.2 Å². The van der Waals surface area contributed by atoms with Crippen molar-refractivity contribution in [3.05, 3.63) is 65.0 Å². The summed E-state index contributed by atoms with van der Waals surface area (Å²) < 4.78 is 31.7. The lowest BCUT2D eigenvalue weighted by Gasteiger charge is -2.17. The fraction of sp³-hybridized carbons (Fsp3) is 0.348. The van der Waals surface area contributed by atoms with Crippen molar-refractivity contribution in [3.63, 3.8) is 0 Å². The van der Waals surface area contributed by atoms with E-state index < -0.39 is 12.1 Å². The number of benzene rings is 1. The molecule has 0 unspecified atom stereocenters. The number of oxime groups is 1. The Bertz CT molecular complexity index is 1120. The number of aliphatic carboxylic acids is 1. The van der Waals surface area contributed by atoms with Crippen LogP contribution in [0.3, 0.4) is 0 Å². The first kappa shape index (κ1) is 25.7. The molecule has 1 aromatic carbocycles. The van der Waals surface area contributed by atoms with Gasteiger partial charge in [0.05, 0.1) is 12.5 Å². The fourth-order valence-corrected chi connectivity index (χ4v) is 3.77. The maximum Gasteiger partial charge on any atom is 0.490 e. The molecule has 3 heterocycles. The number of likely N-dealkylation sites (tertiary alicyclic amines) is 1. The monoisotopic (exact) mass is 492 g/mol. The molecule has 186 valence electrons. The predicted molar refractivity (Wildman–Crippen MR) is 117 cm³/mol. The van der Waals surface area contributed by atoms with Gasteiger partial charge in [0.1, 0.15) is 0 Å². The fourth-order valence-electron chi connectivity index (χ4n) is 3.77. The lowest BCUT2D eigenvalue weighted by Crippen LogP contribution is -2.37. The van der Waals surface area contributed by atoms with Gasteiger partial charge >= 0.3 is 12.1 Å². The Balaban J connectivity index is 0.000000429. The highest BCUT2D eigenvalue weighted by Gasteiger charge is 2.46. The summed E-state index contributed by atoms with van der Waals surface area (Å²) in [5.74, 6) is -3.27. The van der Waals surface area contributed by atoms with Gasteiger partial charge in [0, 0.05) is 31.0 Å². The Morgan fingerprint density at radius 1 is 1.17 bits per heavy atom. The summed E-state index contributed by atoms with van der Waals surface area (Å²) in [5, 5.41) is 14.0. The first-order valence-electron chi connectivity index (χ1n) is 10.5. The Hall–Kier alpha value is -3.96. The number of carbonyl (C=O) groups is 3. The third kappa shape index (κ3) is 6.55. The standard InChI is InChI=1S/C21H22N4O3.C2HF3O2/c1-13-6-14(2)8-16(7-13)21(27)25-11-17-18(12-25)28-24-19(17)20(26)23-10-15-4-3-5-22-9-15;3-2(4,5)1(6)7/h3-9,17-18H,10-12H2,1-2H3,(H,23,26);(H,6,7)/t17-,18+;/m0./s1. The van der Waals surface area contributed by atoms with E-state index in [2.05, 4.69) is 15.5 Å². The van der Waals surface area contributed by atoms with Crippen molar-refractivity contribution in [2.24, 2.45) is 11.1 Å². The van der Waals surface area contributed by atoms with E-state index in [4.69, 9.17) is 14.7 Å². The molecule has 2 atom stereocenters. The molecule has 2 aliphatic rings. The average molecular weight is 492 g/mol. The van der Waals surface area contributed by atoms with Crippen molar-refractivity contribution in [2.75, 3.05) is 13.1 Å². The number of hydrogen-bond acceptors (Lipinski definition) is 6. The van der Waals surface area contributed by atoms with Crippen LogP contribution in [0.2, 0.25) is 0 Å². The van der Waals surface area contributed by atoms with E-state index in [1.54, 1.807) is 17.3 Å². The van der Waals surface area contributed by atoms with E-state index >= 15 is 0 Å². The summed E-state index contributed by atoms with van der Waals surface area (Å²) >= 11 is 0. The second-order valence-electron chi connectivity index (χ2n) is 8.16. The summed E-state index contributed by atoms with van der Waals surface area (Å²) in [4.78, 5) is 45.6. The third-order valence-electron chi connectivity index (χ3n) is 5.31. The van der Waals surface area contributed by atoms with Gasteiger partial charge in [-0.15, -0.1) is 0 Å². The molecular formula is C23H23F3N4O5. The SMILES string of the molecule is Cc1cc(C)cc(C(=O)N2C[C@@H]3C(C(=O)NCc4cccnc4)=NO[C@@H]3C2)c1.O=C(O)C(F)(F)F. The van der Waals surface area contributed by atoms with Gasteiger partial charge in [0.2, 0.25) is 0 Å². The number of amides is 2. The molecule has 4 rings (SSSR count). The van der Waals surface area contributed by atoms with E-state index in [-0.39, 0.29) is 23.8 Å². The van der Waals surface area contributed by atoms with Crippen molar-refractivity contribution >= 4 is 23.5 Å². The van der Waals surface area contributed by atoms with Gasteiger partial charge in [-0.1, -0.05) is 28.4 Å². The van der Waals surface area contributed by atoms with Gasteiger partial charge in [0.25, 0.3) is 11.8 Å². The largest absolute Gasteiger partial charge is 0.490 e. The highest BCUT2D eigenvalue weighted by atomic mass is 19.4. The zero-order valence-corrected chi connectivity index (χ0v) is 18.9. The molecule has 1 saturated heterocycles. The zero-order chi connectivity index (χ0) is 25.8. The third-order valence-corrected chi connectivity index (χ3v) is 5.31. The molecule has 1 fully saturated rings. The van der Waals surface area contributed by atoms with Crippen LogP contribution >= 0.6 is 0 Å². The number of nitrogens with zero attached hydrogens (tertiary/aromatic N) is 3. The lowest BCUT2D eigenvalue weighted by molar-refractivity contribution is -0.192. The smallest absolute Gasteiger partial charge is 0.475 e. The minimum atomic E-state index is -5.08. The second-order valence-corrected chi connectivity index (χ2v) is 8.16. The molecule has 35 heavy (non-hydrogen) atoms. The molecule has 2 amide bonds. The lowest BCUT2D eigenvalue weighted by atomic mass is 10.0. The van der Waals surface area contributed by atoms with Crippen LogP contribution < -0.4 is 5.32 Å². The number of carboxylic acids is 1. The van der Waals surface area contributed by atoms with Gasteiger partial charge in [-0.3, -0.25) is 14.6 Å². The van der Waals surface area contributed by atoms with Crippen LogP contribution in [0.5, 0.6) is 0 Å². The van der Waals surface area contributed by atoms with Crippen molar-refractivity contribution in [1.29, 1.82) is 0 Å². The number of hydrogen-bond donors (Lipinski definition) is 2. The van der Waals surface area contributed by atoms with Crippen LogP contribution in [0, 0.1) is 19.8 Å². The summed E-state index contributed by atoms with van der Waals surface area (Å²) in [6.07, 6.45) is -1.96. The summed E-state index contributed by atoms with van der Waals surface area (Å²) in [6, 6.07) is 9.53. The Morgan fingerprint density at radius 2 is 1.83 bits per heavy atom. The van der Waals surface area contributed by atoms with Gasteiger partial charge in [-0.05, 0) is 37.6 Å². The van der Waals surface area contributed by atoms with E-state index in [0.717, 1.165) is 16.7 Å². The van der Waals surface area contributed by atoms with Gasteiger partial charge in [0.15, 0.2) is 11.8 Å². The number of halogens is 3. The van der Waals surface area contributed by atoms with Gasteiger partial charge in [-0.2, -0.15) is 13.2 Å².